The van der Waals surface area contributed by atoms with Gasteiger partial charge in [0.25, 0.3) is 0 Å². The minimum atomic E-state index is -1.72. The van der Waals surface area contributed by atoms with Crippen LogP contribution in [0.15, 0.2) is 29.1 Å². The first-order valence-corrected chi connectivity index (χ1v) is 10.3. The van der Waals surface area contributed by atoms with Crippen molar-refractivity contribution in [2.45, 2.75) is 6.92 Å². The van der Waals surface area contributed by atoms with Gasteiger partial charge in [0.15, 0.2) is 5.78 Å². The molecule has 1 heterocycles. The van der Waals surface area contributed by atoms with E-state index in [9.17, 15) is 14.7 Å². The van der Waals surface area contributed by atoms with E-state index in [0.717, 1.165) is 0 Å². The van der Waals surface area contributed by atoms with Gasteiger partial charge in [0.2, 0.25) is 5.56 Å². The lowest BCUT2D eigenvalue weighted by Crippen LogP contribution is -2.04. The summed E-state index contributed by atoms with van der Waals surface area (Å²) < 4.78 is 0. The van der Waals surface area contributed by atoms with Crippen LogP contribution in [0.2, 0.25) is 0 Å². The van der Waals surface area contributed by atoms with Gasteiger partial charge in [-0.2, -0.15) is 0 Å². The summed E-state index contributed by atoms with van der Waals surface area (Å²) in [5.41, 5.74) is 0.479. The lowest BCUT2D eigenvalue weighted by atomic mass is 10.1. The molecule has 100 valence electrons. The fourth-order valence-electron chi connectivity index (χ4n) is 1.54. The lowest BCUT2D eigenvalue weighted by molar-refractivity contribution is 0.101. The Morgan fingerprint density at radius 1 is 1.21 bits per heavy atom. The Morgan fingerprint density at radius 2 is 1.79 bits per heavy atom. The number of aromatic hydroxyl groups is 1. The second kappa shape index (κ2) is 7.18. The zero-order valence-corrected chi connectivity index (χ0v) is 13.2. The van der Waals surface area contributed by atoms with E-state index in [4.69, 9.17) is 30.1 Å². The number of phenols is 1. The number of ketones is 1. The first-order chi connectivity index (χ1) is 8.82. The molecule has 8 heteroatoms. The molecule has 0 atom stereocenters. The number of hydrogen-bond donors (Lipinski definition) is 2. The Morgan fingerprint density at radius 3 is 2.32 bits per heavy atom. The SMILES string of the molecule is CC(=O)c1ccc(O)c2[nH]c(=O)ccc12.[Cl][Al]([Cl])[Cl]. The summed E-state index contributed by atoms with van der Waals surface area (Å²) in [4.78, 5) is 24.8. The molecule has 2 aromatic rings. The van der Waals surface area contributed by atoms with Crippen molar-refractivity contribution in [3.8, 4) is 5.75 Å². The summed E-state index contributed by atoms with van der Waals surface area (Å²) in [5.74, 6) is -0.139. The molecule has 0 saturated carbocycles. The summed E-state index contributed by atoms with van der Waals surface area (Å²) in [6, 6.07) is 5.80. The molecule has 0 unspecified atom stereocenters. The van der Waals surface area contributed by atoms with Gasteiger partial charge < -0.3 is 10.1 Å². The van der Waals surface area contributed by atoms with E-state index in [1.807, 2.05) is 0 Å². The van der Waals surface area contributed by atoms with Gasteiger partial charge in [0.05, 0.1) is 5.52 Å². The normalized spacial score (nSPS) is 9.68. The van der Waals surface area contributed by atoms with Crippen molar-refractivity contribution in [1.29, 1.82) is 0 Å². The van der Waals surface area contributed by atoms with E-state index >= 15 is 0 Å². The predicted molar refractivity (Wildman–Crippen MR) is 79.6 cm³/mol. The monoisotopic (exact) mass is 335 g/mol. The number of Topliss-reactive ketones (excluding diaryl/α,β-unsaturated/α-hetero) is 1. The standard InChI is InChI=1S/C11H9NO3.Al.3ClH/c1-6(13)7-2-4-9(14)11-8(7)3-5-10(15)12-11;;;;/h2-5,14H,1H3,(H,12,15);;3*1H/q;+3;;;/p-3. The van der Waals surface area contributed by atoms with Crippen LogP contribution in [0.1, 0.15) is 17.3 Å². The van der Waals surface area contributed by atoms with Crippen LogP contribution in [0.25, 0.3) is 10.9 Å². The fraction of sp³-hybridized carbons (Fsp3) is 0.0909. The first-order valence-electron chi connectivity index (χ1n) is 5.11. The van der Waals surface area contributed by atoms with Crippen LogP contribution < -0.4 is 5.56 Å². The summed E-state index contributed by atoms with van der Waals surface area (Å²) >= 11 is -1.72. The molecule has 0 spiro atoms. The largest absolute Gasteiger partial charge is 0.643 e. The van der Waals surface area contributed by atoms with Crippen LogP contribution in [-0.4, -0.2) is 27.3 Å². The number of carbonyl (C=O) groups excluding carboxylic acids is 1. The van der Waals surface area contributed by atoms with E-state index in [0.29, 0.717) is 16.5 Å². The highest BCUT2D eigenvalue weighted by atomic mass is 35.8. The third-order valence-electron chi connectivity index (χ3n) is 2.25. The van der Waals surface area contributed by atoms with E-state index in [2.05, 4.69) is 4.98 Å². The van der Waals surface area contributed by atoms with Crippen molar-refractivity contribution in [3.63, 3.8) is 0 Å². The molecule has 4 nitrogen and oxygen atoms in total. The molecule has 19 heavy (non-hydrogen) atoms. The van der Waals surface area contributed by atoms with Crippen molar-refractivity contribution in [3.05, 3.63) is 40.2 Å². The molecule has 0 aliphatic rings. The van der Waals surface area contributed by atoms with Gasteiger partial charge in [0, 0.05) is 17.0 Å². The molecule has 0 radical (unpaired) electrons. The molecular weight excluding hydrogens is 327 g/mol. The van der Waals surface area contributed by atoms with Crippen molar-refractivity contribution in [1.82, 2.24) is 4.98 Å². The highest BCUT2D eigenvalue weighted by molar-refractivity contribution is 7.54. The smallest absolute Gasteiger partial charge is 0.506 e. The van der Waals surface area contributed by atoms with Gasteiger partial charge in [0.1, 0.15) is 5.75 Å². The molecule has 0 aliphatic carbocycles. The van der Waals surface area contributed by atoms with Gasteiger partial charge in [-0.1, -0.05) is 0 Å². The summed E-state index contributed by atoms with van der Waals surface area (Å²) in [6.07, 6.45) is 0. The number of fused-ring (bicyclic) bond motifs is 1. The molecule has 0 fully saturated rings. The summed E-state index contributed by atoms with van der Waals surface area (Å²) in [7, 11) is 14.8. The van der Waals surface area contributed by atoms with E-state index in [1.54, 1.807) is 0 Å². The Labute approximate surface area is 125 Å². The van der Waals surface area contributed by atoms with Crippen LogP contribution in [-0.2, 0) is 0 Å². The molecule has 1 aromatic carbocycles. The number of H-pyrrole nitrogens is 1. The Kier molecular flexibility index (Phi) is 6.18. The number of carbonyl (C=O) groups is 1. The van der Waals surface area contributed by atoms with E-state index in [1.165, 1.54) is 31.2 Å². The van der Waals surface area contributed by atoms with Gasteiger partial charge in [-0.15, -0.1) is 0 Å². The average Bonchev–Trinajstić information content (AvgIpc) is 2.29. The Hall–Kier alpha value is -0.698. The molecule has 0 bridgehead atoms. The zero-order chi connectivity index (χ0) is 14.6. The number of aromatic nitrogens is 1. The van der Waals surface area contributed by atoms with E-state index in [-0.39, 0.29) is 17.1 Å². The molecule has 2 N–H and O–H groups in total. The maximum absolute atomic E-state index is 11.3. The second-order valence-electron chi connectivity index (χ2n) is 3.55. The summed E-state index contributed by atoms with van der Waals surface area (Å²) in [6.45, 7) is 1.44. The maximum atomic E-state index is 11.3. The molecular formula is C11H9AlCl3NO3. The van der Waals surface area contributed by atoms with Crippen molar-refractivity contribution < 1.29 is 9.90 Å². The van der Waals surface area contributed by atoms with Crippen LogP contribution in [0.3, 0.4) is 0 Å². The third kappa shape index (κ3) is 4.72. The molecule has 0 amide bonds. The number of nitrogens with one attached hydrogen (secondary N) is 1. The lowest BCUT2D eigenvalue weighted by Gasteiger charge is -2.04. The number of hydrogen-bond acceptors (Lipinski definition) is 3. The number of rotatable bonds is 1. The number of aromatic amines is 1. The number of benzene rings is 1. The van der Waals surface area contributed by atoms with Crippen molar-refractivity contribution in [2.24, 2.45) is 0 Å². The van der Waals surface area contributed by atoms with E-state index < -0.39 is 11.4 Å². The van der Waals surface area contributed by atoms with Gasteiger partial charge in [-0.25, -0.2) is 30.1 Å². The third-order valence-corrected chi connectivity index (χ3v) is 2.25. The van der Waals surface area contributed by atoms with Crippen molar-refractivity contribution in [2.75, 3.05) is 0 Å². The second-order valence-corrected chi connectivity index (χ2v) is 9.98. The minimum absolute atomic E-state index is 0.0345. The van der Waals surface area contributed by atoms with Gasteiger partial charge in [-0.05, 0) is 25.1 Å². The van der Waals surface area contributed by atoms with Crippen LogP contribution >= 0.6 is 30.1 Å². The summed E-state index contributed by atoms with van der Waals surface area (Å²) in [5, 5.41) is 10.1. The van der Waals surface area contributed by atoms with Gasteiger partial charge in [-0.3, -0.25) is 9.59 Å². The van der Waals surface area contributed by atoms with Crippen LogP contribution in [0.5, 0.6) is 5.75 Å². The van der Waals surface area contributed by atoms with Gasteiger partial charge >= 0.3 is 11.4 Å². The van der Waals surface area contributed by atoms with Crippen molar-refractivity contribution >= 4 is 58.2 Å². The molecule has 2 rings (SSSR count). The molecule has 0 saturated heterocycles. The minimum Gasteiger partial charge on any atom is -0.506 e. The first kappa shape index (κ1) is 16.4. The average molecular weight is 337 g/mol. The fourth-order valence-corrected chi connectivity index (χ4v) is 1.54. The maximum Gasteiger partial charge on any atom is 0.643 e. The van der Waals surface area contributed by atoms with Crippen LogP contribution in [0.4, 0.5) is 0 Å². The molecule has 0 aliphatic heterocycles. The quantitative estimate of drug-likeness (QED) is 0.621. The zero-order valence-electron chi connectivity index (χ0n) is 9.78. The molecule has 1 aromatic heterocycles. The highest BCUT2D eigenvalue weighted by Gasteiger charge is 2.08. The van der Waals surface area contributed by atoms with Crippen LogP contribution in [0, 0.1) is 0 Å². The number of halogens is 3. The topological polar surface area (TPSA) is 70.2 Å². The number of phenolic OH excluding ortho intramolecular Hbond substituents is 1. The number of pyridine rings is 1. The predicted octanol–water partition coefficient (Wildman–Crippen LogP) is 3.12. The Bertz CT molecular complexity index is 654. The highest BCUT2D eigenvalue weighted by Crippen LogP contribution is 2.24. The Balaban J connectivity index is 0.000000399.